The van der Waals surface area contributed by atoms with Crippen LogP contribution >= 0.6 is 23.5 Å². The summed E-state index contributed by atoms with van der Waals surface area (Å²) in [5, 5.41) is 16.8. The van der Waals surface area contributed by atoms with Crippen LogP contribution in [0.1, 0.15) is 22.8 Å². The van der Waals surface area contributed by atoms with E-state index in [9.17, 15) is 9.90 Å². The molecule has 0 saturated heterocycles. The first-order chi connectivity index (χ1) is 18.1. The molecule has 4 aromatic rings. The minimum absolute atomic E-state index is 0.0795. The summed E-state index contributed by atoms with van der Waals surface area (Å²) in [6.45, 7) is 2.00. The number of carbonyl (C=O) groups is 1. The number of hydrogen-bond acceptors (Lipinski definition) is 11. The summed E-state index contributed by atoms with van der Waals surface area (Å²) in [7, 11) is 0. The lowest BCUT2D eigenvalue weighted by atomic mass is 10.2. The summed E-state index contributed by atoms with van der Waals surface area (Å²) in [5.41, 5.74) is 2.80. The van der Waals surface area contributed by atoms with Crippen LogP contribution in [0.2, 0.25) is 0 Å². The molecule has 0 aliphatic carbocycles. The SMILES string of the molecule is CCOC(=O)c1cnc(SC)nc1Nc1ccccc1.CSc1ncc(CO)c(Nc2ccccc2)n1. The lowest BCUT2D eigenvalue weighted by molar-refractivity contribution is 0.0526. The second-order valence-electron chi connectivity index (χ2n) is 7.21. The zero-order chi connectivity index (χ0) is 26.5. The molecule has 2 heterocycles. The minimum atomic E-state index is -0.432. The van der Waals surface area contributed by atoms with Gasteiger partial charge in [0.1, 0.15) is 17.2 Å². The number of rotatable bonds is 9. The summed E-state index contributed by atoms with van der Waals surface area (Å²) in [6, 6.07) is 19.3. The fourth-order valence-electron chi connectivity index (χ4n) is 2.95. The van der Waals surface area contributed by atoms with Gasteiger partial charge in [-0.2, -0.15) is 0 Å². The Morgan fingerprint density at radius 2 is 1.35 bits per heavy atom. The van der Waals surface area contributed by atoms with Crippen LogP contribution in [0.4, 0.5) is 23.0 Å². The lowest BCUT2D eigenvalue weighted by Gasteiger charge is -2.10. The molecule has 0 amide bonds. The molecule has 0 unspecified atom stereocenters. The number of para-hydroxylation sites is 2. The summed E-state index contributed by atoms with van der Waals surface area (Å²) in [4.78, 5) is 28.8. The van der Waals surface area contributed by atoms with Crippen molar-refractivity contribution in [1.82, 2.24) is 19.9 Å². The average Bonchev–Trinajstić information content (AvgIpc) is 2.94. The topological polar surface area (TPSA) is 122 Å². The van der Waals surface area contributed by atoms with Crippen LogP contribution < -0.4 is 10.6 Å². The molecular formula is C26H28N6O3S2. The Morgan fingerprint density at radius 3 is 1.86 bits per heavy atom. The van der Waals surface area contributed by atoms with Gasteiger partial charge in [0.05, 0.1) is 13.2 Å². The van der Waals surface area contributed by atoms with Crippen LogP contribution in [0.3, 0.4) is 0 Å². The summed E-state index contributed by atoms with van der Waals surface area (Å²) in [6.07, 6.45) is 6.93. The largest absolute Gasteiger partial charge is 0.462 e. The first kappa shape index (κ1) is 27.9. The third kappa shape index (κ3) is 8.45. The van der Waals surface area contributed by atoms with E-state index < -0.39 is 5.97 Å². The van der Waals surface area contributed by atoms with Crippen molar-refractivity contribution in [2.24, 2.45) is 0 Å². The van der Waals surface area contributed by atoms with Crippen molar-refractivity contribution in [3.05, 3.63) is 84.2 Å². The summed E-state index contributed by atoms with van der Waals surface area (Å²) >= 11 is 2.88. The maximum absolute atomic E-state index is 11.9. The first-order valence-electron chi connectivity index (χ1n) is 11.3. The molecule has 0 spiro atoms. The fraction of sp³-hybridized carbons (Fsp3) is 0.192. The molecule has 0 bridgehead atoms. The van der Waals surface area contributed by atoms with Gasteiger partial charge in [-0.15, -0.1) is 0 Å². The van der Waals surface area contributed by atoms with Crippen LogP contribution in [-0.2, 0) is 11.3 Å². The molecule has 0 aliphatic rings. The number of ether oxygens (including phenoxy) is 1. The van der Waals surface area contributed by atoms with Crippen molar-refractivity contribution in [3.8, 4) is 0 Å². The van der Waals surface area contributed by atoms with E-state index in [2.05, 4.69) is 30.6 Å². The Morgan fingerprint density at radius 1 is 0.838 bits per heavy atom. The van der Waals surface area contributed by atoms with Gasteiger partial charge in [0.25, 0.3) is 0 Å². The van der Waals surface area contributed by atoms with Crippen LogP contribution in [0.5, 0.6) is 0 Å². The highest BCUT2D eigenvalue weighted by atomic mass is 32.2. The van der Waals surface area contributed by atoms with Gasteiger partial charge in [-0.3, -0.25) is 0 Å². The second kappa shape index (κ2) is 14.8. The Labute approximate surface area is 224 Å². The summed E-state index contributed by atoms with van der Waals surface area (Å²) < 4.78 is 5.01. The highest BCUT2D eigenvalue weighted by molar-refractivity contribution is 7.98. The molecule has 192 valence electrons. The maximum Gasteiger partial charge on any atom is 0.343 e. The van der Waals surface area contributed by atoms with Crippen molar-refractivity contribution in [1.29, 1.82) is 0 Å². The molecule has 0 fully saturated rings. The third-order valence-corrected chi connectivity index (χ3v) is 5.84. The van der Waals surface area contributed by atoms with Gasteiger partial charge < -0.3 is 20.5 Å². The normalized spacial score (nSPS) is 10.2. The van der Waals surface area contributed by atoms with E-state index in [1.807, 2.05) is 73.2 Å². The first-order valence-corrected chi connectivity index (χ1v) is 13.8. The Kier molecular flexibility index (Phi) is 11.2. The molecule has 2 aromatic carbocycles. The van der Waals surface area contributed by atoms with Crippen molar-refractivity contribution in [2.75, 3.05) is 29.8 Å². The van der Waals surface area contributed by atoms with E-state index in [1.54, 1.807) is 13.1 Å². The molecule has 2 aromatic heterocycles. The average molecular weight is 537 g/mol. The molecule has 37 heavy (non-hydrogen) atoms. The van der Waals surface area contributed by atoms with Gasteiger partial charge >= 0.3 is 5.97 Å². The fourth-order valence-corrected chi connectivity index (χ4v) is 3.63. The lowest BCUT2D eigenvalue weighted by Crippen LogP contribution is -2.10. The number of benzene rings is 2. The number of nitrogens with zero attached hydrogens (tertiary/aromatic N) is 4. The quantitative estimate of drug-likeness (QED) is 0.142. The van der Waals surface area contributed by atoms with E-state index in [1.165, 1.54) is 29.7 Å². The van der Waals surface area contributed by atoms with Gasteiger partial charge in [-0.1, -0.05) is 59.9 Å². The predicted octanol–water partition coefficient (Wildman–Crippen LogP) is 5.55. The van der Waals surface area contributed by atoms with Gasteiger partial charge in [-0.05, 0) is 43.7 Å². The van der Waals surface area contributed by atoms with Crippen molar-refractivity contribution >= 4 is 52.5 Å². The molecule has 0 radical (unpaired) electrons. The molecule has 3 N–H and O–H groups in total. The number of nitrogens with one attached hydrogen (secondary N) is 2. The van der Waals surface area contributed by atoms with E-state index >= 15 is 0 Å². The van der Waals surface area contributed by atoms with Crippen LogP contribution in [0, 0.1) is 0 Å². The zero-order valence-electron chi connectivity index (χ0n) is 20.7. The second-order valence-corrected chi connectivity index (χ2v) is 8.76. The Balaban J connectivity index is 0.000000208. The smallest absolute Gasteiger partial charge is 0.343 e. The van der Waals surface area contributed by atoms with Crippen LogP contribution in [0.25, 0.3) is 0 Å². The van der Waals surface area contributed by atoms with Crippen LogP contribution in [-0.4, -0.2) is 50.1 Å². The van der Waals surface area contributed by atoms with E-state index in [0.29, 0.717) is 39.7 Å². The van der Waals surface area contributed by atoms with Gasteiger partial charge in [0.15, 0.2) is 10.3 Å². The number of thioether (sulfide) groups is 2. The van der Waals surface area contributed by atoms with Gasteiger partial charge in [0, 0.05) is 29.3 Å². The number of anilines is 4. The molecule has 0 atom stereocenters. The minimum Gasteiger partial charge on any atom is -0.462 e. The monoisotopic (exact) mass is 536 g/mol. The van der Waals surface area contributed by atoms with Crippen molar-refractivity contribution < 1.29 is 14.6 Å². The van der Waals surface area contributed by atoms with Crippen LogP contribution in [0.15, 0.2) is 83.4 Å². The maximum atomic E-state index is 11.9. The van der Waals surface area contributed by atoms with Gasteiger partial charge in [-0.25, -0.2) is 24.7 Å². The van der Waals surface area contributed by atoms with E-state index in [-0.39, 0.29) is 6.61 Å². The molecule has 11 heteroatoms. The third-order valence-electron chi connectivity index (χ3n) is 4.71. The Hall–Kier alpha value is -3.67. The standard InChI is InChI=1S/C14H15N3O2S.C12H13N3OS/c1-3-19-13(18)11-9-15-14(20-2)17-12(11)16-10-7-5-4-6-8-10;1-17-12-13-7-9(8-16)11(15-12)14-10-5-3-2-4-6-10/h4-9H,3H2,1-2H3,(H,15,16,17);2-7,16H,8H2,1H3,(H,13,14,15). The zero-order valence-corrected chi connectivity index (χ0v) is 22.3. The van der Waals surface area contributed by atoms with E-state index in [0.717, 1.165) is 11.4 Å². The highest BCUT2D eigenvalue weighted by Gasteiger charge is 2.16. The number of aromatic nitrogens is 4. The highest BCUT2D eigenvalue weighted by Crippen LogP contribution is 2.22. The molecule has 4 rings (SSSR count). The van der Waals surface area contributed by atoms with Crippen molar-refractivity contribution in [2.45, 2.75) is 23.8 Å². The number of carbonyl (C=O) groups excluding carboxylic acids is 1. The number of aliphatic hydroxyl groups is 1. The predicted molar refractivity (Wildman–Crippen MR) is 149 cm³/mol. The number of esters is 1. The summed E-state index contributed by atoms with van der Waals surface area (Å²) in [5.74, 6) is 0.672. The molecular weight excluding hydrogens is 508 g/mol. The molecule has 0 aliphatic heterocycles. The molecule has 0 saturated carbocycles. The van der Waals surface area contributed by atoms with Gasteiger partial charge in [0.2, 0.25) is 0 Å². The van der Waals surface area contributed by atoms with Crippen molar-refractivity contribution in [3.63, 3.8) is 0 Å². The number of aliphatic hydroxyl groups excluding tert-OH is 1. The van der Waals surface area contributed by atoms with E-state index in [4.69, 9.17) is 4.74 Å². The Bertz CT molecular complexity index is 1280. The number of hydrogen-bond donors (Lipinski definition) is 3. The molecule has 9 nitrogen and oxygen atoms in total.